The Labute approximate surface area is 428 Å². The molecule has 0 unspecified atom stereocenters. The normalized spacial score (nSPS) is 10.5. The van der Waals surface area contributed by atoms with Crippen LogP contribution in [-0.2, 0) is 0 Å². The molecule has 0 fully saturated rings. The summed E-state index contributed by atoms with van der Waals surface area (Å²) in [7, 11) is 0. The van der Waals surface area contributed by atoms with Gasteiger partial charge in [-0.25, -0.2) is 24.0 Å². The highest BCUT2D eigenvalue weighted by Gasteiger charge is 2.16. The standard InChI is InChI=1S/C60H53NO13/c1-2-3-4-7-37-67-48-23-19-45(20-24-48)58(64)71-52-31-29-50(30-32-52)69-39-9-6-5-8-38-68-49-25-17-44(18-26-49)57(63)70-51-27-21-46(22-28-51)59(65)74-55-12-10-11-47(40-55)60(66)73-54-35-33-53(34-36-54)72-56(62)43-15-13-42(41-61)14-16-43/h10-36,40H,2-9,37-39H2,1H3. The maximum absolute atomic E-state index is 13.0. The van der Waals surface area contributed by atoms with Gasteiger partial charge in [0, 0.05) is 0 Å². The second kappa shape index (κ2) is 27.4. The highest BCUT2D eigenvalue weighted by molar-refractivity contribution is 5.95. The van der Waals surface area contributed by atoms with E-state index in [0.717, 1.165) is 44.3 Å². The minimum atomic E-state index is -0.717. The van der Waals surface area contributed by atoms with Crippen LogP contribution in [0.25, 0.3) is 0 Å². The van der Waals surface area contributed by atoms with Crippen LogP contribution in [0.4, 0.5) is 0 Å². The molecule has 14 heteroatoms. The third-order valence-electron chi connectivity index (χ3n) is 11.1. The first kappa shape index (κ1) is 52.6. The molecule has 0 amide bonds. The van der Waals surface area contributed by atoms with Gasteiger partial charge in [0.15, 0.2) is 0 Å². The summed E-state index contributed by atoms with van der Waals surface area (Å²) in [4.78, 5) is 63.9. The number of unbranched alkanes of at least 4 members (excludes halogenated alkanes) is 6. The van der Waals surface area contributed by atoms with E-state index in [4.69, 9.17) is 43.2 Å². The summed E-state index contributed by atoms with van der Waals surface area (Å²) < 4.78 is 44.8. The number of hydrogen-bond donors (Lipinski definition) is 0. The largest absolute Gasteiger partial charge is 0.494 e. The van der Waals surface area contributed by atoms with Crippen molar-refractivity contribution in [3.63, 3.8) is 0 Å². The van der Waals surface area contributed by atoms with Crippen molar-refractivity contribution in [3.05, 3.63) is 203 Å². The number of nitriles is 1. The molecule has 0 saturated carbocycles. The van der Waals surface area contributed by atoms with Gasteiger partial charge in [-0.1, -0.05) is 32.3 Å². The van der Waals surface area contributed by atoms with Crippen LogP contribution in [0.5, 0.6) is 46.0 Å². The topological polar surface area (TPSA) is 183 Å². The Morgan fingerprint density at radius 2 is 0.635 bits per heavy atom. The average Bonchev–Trinajstić information content (AvgIpc) is 3.43. The van der Waals surface area contributed by atoms with Crippen molar-refractivity contribution in [2.24, 2.45) is 0 Å². The Bertz CT molecular complexity index is 3000. The molecule has 74 heavy (non-hydrogen) atoms. The summed E-state index contributed by atoms with van der Waals surface area (Å²) in [5.74, 6) is 0.113. The van der Waals surface area contributed by atoms with Crippen molar-refractivity contribution in [1.29, 1.82) is 5.26 Å². The minimum absolute atomic E-state index is 0.0966. The molecule has 0 radical (unpaired) electrons. The third kappa shape index (κ3) is 16.4. The number of benzene rings is 7. The van der Waals surface area contributed by atoms with Crippen LogP contribution in [0.3, 0.4) is 0 Å². The van der Waals surface area contributed by atoms with Gasteiger partial charge in [0.2, 0.25) is 0 Å². The smallest absolute Gasteiger partial charge is 0.343 e. The summed E-state index contributed by atoms with van der Waals surface area (Å²) in [6.07, 6.45) is 8.13. The van der Waals surface area contributed by atoms with E-state index in [-0.39, 0.29) is 39.7 Å². The lowest BCUT2D eigenvalue weighted by molar-refractivity contribution is 0.0713. The second-order valence-corrected chi connectivity index (χ2v) is 16.7. The van der Waals surface area contributed by atoms with Crippen LogP contribution in [-0.4, -0.2) is 49.7 Å². The number of ether oxygens (including phenoxy) is 8. The lowest BCUT2D eigenvalue weighted by Crippen LogP contribution is -2.12. The average molecular weight is 996 g/mol. The molecule has 0 N–H and O–H groups in total. The molecule has 7 aromatic rings. The fraction of sp³-hybridized carbons (Fsp3) is 0.200. The number of carbonyl (C=O) groups excluding carboxylic acids is 5. The van der Waals surface area contributed by atoms with Gasteiger partial charge in [-0.2, -0.15) is 5.26 Å². The fourth-order valence-corrected chi connectivity index (χ4v) is 7.07. The number of esters is 5. The molecule has 376 valence electrons. The van der Waals surface area contributed by atoms with Gasteiger partial charge in [0.05, 0.1) is 59.3 Å². The van der Waals surface area contributed by atoms with Gasteiger partial charge >= 0.3 is 29.8 Å². The lowest BCUT2D eigenvalue weighted by atomic mass is 10.1. The van der Waals surface area contributed by atoms with Gasteiger partial charge in [-0.15, -0.1) is 0 Å². The Kier molecular flexibility index (Phi) is 19.5. The summed E-state index contributed by atoms with van der Waals surface area (Å²) in [5.41, 5.74) is 1.73. The van der Waals surface area contributed by atoms with E-state index in [2.05, 4.69) is 6.92 Å². The third-order valence-corrected chi connectivity index (χ3v) is 11.1. The molecule has 7 rings (SSSR count). The highest BCUT2D eigenvalue weighted by Crippen LogP contribution is 2.24. The van der Waals surface area contributed by atoms with Gasteiger partial charge in [0.25, 0.3) is 0 Å². The van der Waals surface area contributed by atoms with Gasteiger partial charge in [-0.3, -0.25) is 0 Å². The predicted octanol–water partition coefficient (Wildman–Crippen LogP) is 12.6. The Morgan fingerprint density at radius 1 is 0.338 bits per heavy atom. The first-order valence-electron chi connectivity index (χ1n) is 24.2. The van der Waals surface area contributed by atoms with Crippen molar-refractivity contribution in [2.45, 2.75) is 58.3 Å². The maximum Gasteiger partial charge on any atom is 0.343 e. The number of rotatable bonds is 25. The molecule has 14 nitrogen and oxygen atoms in total. The molecule has 0 atom stereocenters. The predicted molar refractivity (Wildman–Crippen MR) is 274 cm³/mol. The number of hydrogen-bond acceptors (Lipinski definition) is 14. The number of nitrogens with zero attached hydrogens (tertiary/aromatic N) is 1. The van der Waals surface area contributed by atoms with E-state index in [1.807, 2.05) is 6.07 Å². The molecule has 0 bridgehead atoms. The van der Waals surface area contributed by atoms with Crippen LogP contribution in [0, 0.1) is 11.3 Å². The van der Waals surface area contributed by atoms with E-state index < -0.39 is 29.8 Å². The first-order chi connectivity index (χ1) is 36.1. The summed E-state index contributed by atoms with van der Waals surface area (Å²) >= 11 is 0. The fourth-order valence-electron chi connectivity index (χ4n) is 7.07. The van der Waals surface area contributed by atoms with Crippen molar-refractivity contribution < 1.29 is 61.9 Å². The Balaban J connectivity index is 0.748. The molecule has 0 aromatic heterocycles. The van der Waals surface area contributed by atoms with Crippen LogP contribution in [0.2, 0.25) is 0 Å². The van der Waals surface area contributed by atoms with E-state index >= 15 is 0 Å². The van der Waals surface area contributed by atoms with E-state index in [1.54, 1.807) is 72.8 Å². The number of carbonyl (C=O) groups is 5. The van der Waals surface area contributed by atoms with Crippen LogP contribution in [0.1, 0.15) is 116 Å². The monoisotopic (exact) mass is 995 g/mol. The molecule has 0 aliphatic heterocycles. The summed E-state index contributed by atoms with van der Waals surface area (Å²) in [6, 6.07) is 46.2. The quantitative estimate of drug-likeness (QED) is 0.0299. The maximum atomic E-state index is 13.0. The molecule has 0 heterocycles. The zero-order valence-electron chi connectivity index (χ0n) is 40.7. The zero-order chi connectivity index (χ0) is 51.9. The van der Waals surface area contributed by atoms with E-state index in [0.29, 0.717) is 53.8 Å². The molecule has 0 saturated heterocycles. The molecular weight excluding hydrogens is 943 g/mol. The molecule has 0 spiro atoms. The van der Waals surface area contributed by atoms with Gasteiger partial charge in [0.1, 0.15) is 46.0 Å². The SMILES string of the molecule is CCCCCCOc1ccc(C(=O)Oc2ccc(OCCCCCCOc3ccc(C(=O)Oc4ccc(C(=O)Oc5cccc(C(=O)Oc6ccc(OC(=O)c7ccc(C#N)cc7)cc6)c5)cc4)cc3)cc2)cc1. The van der Waals surface area contributed by atoms with E-state index in [9.17, 15) is 24.0 Å². The van der Waals surface area contributed by atoms with Crippen molar-refractivity contribution >= 4 is 29.8 Å². The van der Waals surface area contributed by atoms with Crippen LogP contribution in [0.15, 0.2) is 170 Å². The molecule has 0 aliphatic rings. The summed E-state index contributed by atoms with van der Waals surface area (Å²) in [5, 5.41) is 8.95. The minimum Gasteiger partial charge on any atom is -0.494 e. The van der Waals surface area contributed by atoms with Crippen LogP contribution >= 0.6 is 0 Å². The van der Waals surface area contributed by atoms with Crippen molar-refractivity contribution in [3.8, 4) is 52.1 Å². The lowest BCUT2D eigenvalue weighted by Gasteiger charge is -2.10. The Morgan fingerprint density at radius 3 is 1.00 bits per heavy atom. The Hall–Kier alpha value is -9.22. The molecule has 7 aromatic carbocycles. The van der Waals surface area contributed by atoms with Gasteiger partial charge < -0.3 is 37.9 Å². The van der Waals surface area contributed by atoms with Gasteiger partial charge in [-0.05, 0) is 196 Å². The van der Waals surface area contributed by atoms with Crippen molar-refractivity contribution in [1.82, 2.24) is 0 Å². The van der Waals surface area contributed by atoms with Crippen LogP contribution < -0.4 is 37.9 Å². The second-order valence-electron chi connectivity index (χ2n) is 16.7. The van der Waals surface area contributed by atoms with Crippen molar-refractivity contribution in [2.75, 3.05) is 19.8 Å². The highest BCUT2D eigenvalue weighted by atomic mass is 16.6. The first-order valence-corrected chi connectivity index (χ1v) is 24.2. The zero-order valence-corrected chi connectivity index (χ0v) is 40.7. The molecular formula is C60H53NO13. The van der Waals surface area contributed by atoms with E-state index in [1.165, 1.54) is 110 Å². The molecule has 0 aliphatic carbocycles. The summed E-state index contributed by atoms with van der Waals surface area (Å²) in [6.45, 7) is 3.89.